The van der Waals surface area contributed by atoms with Gasteiger partial charge in [-0.05, 0) is 29.5 Å². The number of methoxy groups -OCH3 is 1. The number of nitrogen functional groups attached to an aromatic ring is 1. The van der Waals surface area contributed by atoms with Crippen LogP contribution in [0.5, 0.6) is 5.75 Å². The molecule has 2 rings (SSSR count). The minimum Gasteiger partial charge on any atom is -0.496 e. The molecule has 0 aromatic heterocycles. The van der Waals surface area contributed by atoms with E-state index in [4.69, 9.17) is 15.9 Å². The number of benzene rings is 1. The van der Waals surface area contributed by atoms with Crippen molar-refractivity contribution >= 4 is 5.84 Å². The summed E-state index contributed by atoms with van der Waals surface area (Å²) in [6.45, 7) is 7.85. The number of amidine groups is 1. The predicted octanol–water partition coefficient (Wildman–Crippen LogP) is 2.07. The average Bonchev–Trinajstić information content (AvgIpc) is 2.67. The molecule has 2 atom stereocenters. The van der Waals surface area contributed by atoms with Crippen molar-refractivity contribution in [2.75, 3.05) is 20.2 Å². The van der Waals surface area contributed by atoms with E-state index in [0.717, 1.165) is 31.5 Å². The summed E-state index contributed by atoms with van der Waals surface area (Å²) in [6, 6.07) is 5.90. The van der Waals surface area contributed by atoms with Gasteiger partial charge in [0.2, 0.25) is 0 Å². The molecule has 19 heavy (non-hydrogen) atoms. The molecular weight excluding hydrogens is 238 g/mol. The van der Waals surface area contributed by atoms with Gasteiger partial charge >= 0.3 is 0 Å². The van der Waals surface area contributed by atoms with Gasteiger partial charge in [0.1, 0.15) is 11.6 Å². The zero-order chi connectivity index (χ0) is 14.0. The first-order valence-electron chi connectivity index (χ1n) is 6.75. The summed E-state index contributed by atoms with van der Waals surface area (Å²) in [6.07, 6.45) is 0. The summed E-state index contributed by atoms with van der Waals surface area (Å²) in [4.78, 5) is 2.47. The Morgan fingerprint density at radius 3 is 2.53 bits per heavy atom. The Morgan fingerprint density at radius 1 is 1.37 bits per heavy atom. The predicted molar refractivity (Wildman–Crippen MR) is 77.6 cm³/mol. The number of hydrogen-bond donors (Lipinski definition) is 2. The van der Waals surface area contributed by atoms with Gasteiger partial charge in [-0.1, -0.05) is 19.9 Å². The average molecular weight is 261 g/mol. The maximum absolute atomic E-state index is 7.51. The monoisotopic (exact) mass is 261 g/mol. The highest BCUT2D eigenvalue weighted by Crippen LogP contribution is 2.25. The van der Waals surface area contributed by atoms with Crippen LogP contribution in [0.1, 0.15) is 25.0 Å². The number of hydrogen-bond acceptors (Lipinski definition) is 3. The van der Waals surface area contributed by atoms with Crippen molar-refractivity contribution in [1.82, 2.24) is 4.90 Å². The van der Waals surface area contributed by atoms with Gasteiger partial charge in [0.05, 0.1) is 12.7 Å². The molecule has 3 N–H and O–H groups in total. The normalized spacial score (nSPS) is 23.5. The van der Waals surface area contributed by atoms with Crippen molar-refractivity contribution in [1.29, 1.82) is 5.41 Å². The van der Waals surface area contributed by atoms with Gasteiger partial charge in [0.25, 0.3) is 0 Å². The van der Waals surface area contributed by atoms with Crippen molar-refractivity contribution < 1.29 is 4.74 Å². The summed E-state index contributed by atoms with van der Waals surface area (Å²) in [5.74, 6) is 2.26. The third-order valence-corrected chi connectivity index (χ3v) is 4.03. The Kier molecular flexibility index (Phi) is 4.10. The summed E-state index contributed by atoms with van der Waals surface area (Å²) in [5, 5.41) is 7.51. The van der Waals surface area contributed by atoms with Crippen molar-refractivity contribution in [3.05, 3.63) is 29.3 Å². The fourth-order valence-electron chi connectivity index (χ4n) is 2.69. The van der Waals surface area contributed by atoms with Gasteiger partial charge in [-0.3, -0.25) is 10.3 Å². The van der Waals surface area contributed by atoms with Crippen LogP contribution in [-0.2, 0) is 6.54 Å². The molecule has 0 radical (unpaired) electrons. The Hall–Kier alpha value is -1.55. The Labute approximate surface area is 115 Å². The zero-order valence-electron chi connectivity index (χ0n) is 11.9. The van der Waals surface area contributed by atoms with Gasteiger partial charge in [-0.15, -0.1) is 0 Å². The second-order valence-electron chi connectivity index (χ2n) is 5.60. The third-order valence-electron chi connectivity index (χ3n) is 4.03. The second-order valence-corrected chi connectivity index (χ2v) is 5.60. The van der Waals surface area contributed by atoms with Gasteiger partial charge in [-0.2, -0.15) is 0 Å². The molecule has 1 aromatic rings. The van der Waals surface area contributed by atoms with E-state index in [-0.39, 0.29) is 5.84 Å². The van der Waals surface area contributed by atoms with Gasteiger partial charge < -0.3 is 10.5 Å². The molecule has 0 spiro atoms. The maximum atomic E-state index is 7.51. The molecule has 1 heterocycles. The molecule has 104 valence electrons. The number of nitrogens with two attached hydrogens (primary N) is 1. The van der Waals surface area contributed by atoms with Crippen LogP contribution < -0.4 is 10.5 Å². The van der Waals surface area contributed by atoms with E-state index in [1.807, 2.05) is 18.2 Å². The highest BCUT2D eigenvalue weighted by Gasteiger charge is 2.25. The Balaban J connectivity index is 2.12. The first-order valence-corrected chi connectivity index (χ1v) is 6.75. The number of ether oxygens (including phenoxy) is 1. The molecule has 2 unspecified atom stereocenters. The highest BCUT2D eigenvalue weighted by atomic mass is 16.5. The first-order chi connectivity index (χ1) is 9.01. The zero-order valence-corrected chi connectivity index (χ0v) is 11.9. The van der Waals surface area contributed by atoms with E-state index in [1.165, 1.54) is 5.56 Å². The molecule has 1 aromatic carbocycles. The quantitative estimate of drug-likeness (QED) is 0.644. The molecule has 0 saturated carbocycles. The van der Waals surface area contributed by atoms with Crippen LogP contribution in [0.2, 0.25) is 0 Å². The van der Waals surface area contributed by atoms with Crippen LogP contribution in [-0.4, -0.2) is 30.9 Å². The van der Waals surface area contributed by atoms with E-state index in [0.29, 0.717) is 11.3 Å². The lowest BCUT2D eigenvalue weighted by atomic mass is 10.0. The largest absolute Gasteiger partial charge is 0.496 e. The van der Waals surface area contributed by atoms with Crippen molar-refractivity contribution in [3.8, 4) is 5.75 Å². The maximum Gasteiger partial charge on any atom is 0.130 e. The fraction of sp³-hybridized carbons (Fsp3) is 0.533. The van der Waals surface area contributed by atoms with E-state index >= 15 is 0 Å². The second kappa shape index (κ2) is 5.61. The van der Waals surface area contributed by atoms with Crippen LogP contribution in [0.15, 0.2) is 18.2 Å². The van der Waals surface area contributed by atoms with Crippen molar-refractivity contribution in [3.63, 3.8) is 0 Å². The van der Waals surface area contributed by atoms with Crippen LogP contribution in [0.3, 0.4) is 0 Å². The molecule has 4 nitrogen and oxygen atoms in total. The van der Waals surface area contributed by atoms with Crippen LogP contribution in [0, 0.1) is 17.2 Å². The Bertz CT molecular complexity index is 462. The molecule has 1 fully saturated rings. The lowest BCUT2D eigenvalue weighted by Crippen LogP contribution is -2.20. The van der Waals surface area contributed by atoms with E-state index in [9.17, 15) is 0 Å². The first kappa shape index (κ1) is 13.9. The molecule has 0 amide bonds. The summed E-state index contributed by atoms with van der Waals surface area (Å²) >= 11 is 0. The topological polar surface area (TPSA) is 62.3 Å². The summed E-state index contributed by atoms with van der Waals surface area (Å²) < 4.78 is 5.31. The minimum absolute atomic E-state index is 0.0480. The van der Waals surface area contributed by atoms with E-state index < -0.39 is 0 Å². The van der Waals surface area contributed by atoms with Crippen LogP contribution in [0.4, 0.5) is 0 Å². The highest BCUT2D eigenvalue weighted by molar-refractivity contribution is 5.97. The molecule has 1 aliphatic rings. The summed E-state index contributed by atoms with van der Waals surface area (Å²) in [7, 11) is 1.62. The molecule has 0 aliphatic carbocycles. The third kappa shape index (κ3) is 3.07. The van der Waals surface area contributed by atoms with Crippen molar-refractivity contribution in [2.45, 2.75) is 20.4 Å². The van der Waals surface area contributed by atoms with Gasteiger partial charge in [0, 0.05) is 19.6 Å². The standard InChI is InChI=1S/C15H23N3O/c1-10-7-18(8-11(10)2)9-12-4-5-13(15(16)17)14(6-12)19-3/h4-6,10-11H,7-9H2,1-3H3,(H3,16,17). The molecule has 1 aliphatic heterocycles. The van der Waals surface area contributed by atoms with E-state index in [2.05, 4.69) is 18.7 Å². The smallest absolute Gasteiger partial charge is 0.130 e. The van der Waals surface area contributed by atoms with Crippen molar-refractivity contribution in [2.24, 2.45) is 17.6 Å². The fourth-order valence-corrected chi connectivity index (χ4v) is 2.69. The molecule has 4 heteroatoms. The van der Waals surface area contributed by atoms with Crippen LogP contribution >= 0.6 is 0 Å². The summed E-state index contributed by atoms with van der Waals surface area (Å²) in [5.41, 5.74) is 7.41. The number of nitrogens with zero attached hydrogens (tertiary/aromatic N) is 1. The molecular formula is C15H23N3O. The number of nitrogens with one attached hydrogen (secondary N) is 1. The van der Waals surface area contributed by atoms with Gasteiger partial charge in [0.15, 0.2) is 0 Å². The minimum atomic E-state index is 0.0480. The van der Waals surface area contributed by atoms with Gasteiger partial charge in [-0.25, -0.2) is 0 Å². The van der Waals surface area contributed by atoms with E-state index in [1.54, 1.807) is 7.11 Å². The number of rotatable bonds is 4. The molecule has 0 bridgehead atoms. The number of likely N-dealkylation sites (tertiary alicyclic amines) is 1. The lowest BCUT2D eigenvalue weighted by molar-refractivity contribution is 0.315. The van der Waals surface area contributed by atoms with Crippen LogP contribution in [0.25, 0.3) is 0 Å². The SMILES string of the molecule is COc1cc(CN2CC(C)C(C)C2)ccc1C(=N)N. The Morgan fingerprint density at radius 2 is 2.00 bits per heavy atom. The molecule has 1 saturated heterocycles. The lowest BCUT2D eigenvalue weighted by Gasteiger charge is -2.17.